The summed E-state index contributed by atoms with van der Waals surface area (Å²) in [6.07, 6.45) is 18.0. The Balaban J connectivity index is 3.23. The van der Waals surface area contributed by atoms with Crippen molar-refractivity contribution in [1.82, 2.24) is 0 Å². The minimum atomic E-state index is -0.707. The Labute approximate surface area is 105 Å². The fourth-order valence-electron chi connectivity index (χ4n) is 1.59. The molecule has 1 N–H and O–H groups in total. The van der Waals surface area contributed by atoms with Gasteiger partial charge in [0.2, 0.25) is 0 Å². The second-order valence-electron chi connectivity index (χ2n) is 4.35. The minimum Gasteiger partial charge on any atom is -0.481 e. The molecule has 0 aromatic carbocycles. The summed E-state index contributed by atoms with van der Waals surface area (Å²) in [4.78, 5) is 10.2. The van der Waals surface area contributed by atoms with Crippen LogP contribution in [0.2, 0.25) is 0 Å². The first-order chi connectivity index (χ1) is 8.27. The number of allylic oxidation sites excluding steroid dienone is 4. The van der Waals surface area contributed by atoms with Crippen molar-refractivity contribution in [2.75, 3.05) is 0 Å². The number of aliphatic carboxylic acids is 1. The average Bonchev–Trinajstić information content (AvgIpc) is 2.30. The van der Waals surface area contributed by atoms with E-state index in [1.54, 1.807) is 0 Å². The molecule has 0 aliphatic heterocycles. The number of hydrogen-bond acceptors (Lipinski definition) is 1. The SMILES string of the molecule is CCCCCCCC=CC=CCCCC(=O)O. The van der Waals surface area contributed by atoms with E-state index in [0.29, 0.717) is 0 Å². The summed E-state index contributed by atoms with van der Waals surface area (Å²) in [6.45, 7) is 2.23. The number of carboxylic acid groups (broad SMARTS) is 1. The summed E-state index contributed by atoms with van der Waals surface area (Å²) >= 11 is 0. The van der Waals surface area contributed by atoms with Crippen LogP contribution in [-0.2, 0) is 4.79 Å². The summed E-state index contributed by atoms with van der Waals surface area (Å²) < 4.78 is 0. The molecular weight excluding hydrogens is 212 g/mol. The van der Waals surface area contributed by atoms with E-state index in [4.69, 9.17) is 5.11 Å². The molecule has 0 aromatic rings. The average molecular weight is 238 g/mol. The molecule has 0 heterocycles. The van der Waals surface area contributed by atoms with E-state index in [0.717, 1.165) is 19.3 Å². The molecule has 0 spiro atoms. The molecule has 0 unspecified atom stereocenters. The first-order valence-electron chi connectivity index (χ1n) is 6.80. The van der Waals surface area contributed by atoms with Gasteiger partial charge in [-0.3, -0.25) is 4.79 Å². The van der Waals surface area contributed by atoms with Crippen molar-refractivity contribution >= 4 is 5.97 Å². The van der Waals surface area contributed by atoms with Crippen molar-refractivity contribution in [2.45, 2.75) is 64.7 Å². The number of carbonyl (C=O) groups is 1. The van der Waals surface area contributed by atoms with E-state index in [-0.39, 0.29) is 6.42 Å². The van der Waals surface area contributed by atoms with E-state index in [1.807, 2.05) is 12.2 Å². The highest BCUT2D eigenvalue weighted by Crippen LogP contribution is 2.05. The van der Waals surface area contributed by atoms with Gasteiger partial charge >= 0.3 is 5.97 Å². The molecule has 0 rings (SSSR count). The summed E-state index contributed by atoms with van der Waals surface area (Å²) in [5.41, 5.74) is 0. The van der Waals surface area contributed by atoms with Crippen LogP contribution in [0.5, 0.6) is 0 Å². The van der Waals surface area contributed by atoms with Crippen LogP contribution in [0.15, 0.2) is 24.3 Å². The van der Waals surface area contributed by atoms with E-state index >= 15 is 0 Å². The molecule has 2 nitrogen and oxygen atoms in total. The van der Waals surface area contributed by atoms with Gasteiger partial charge in [-0.05, 0) is 25.7 Å². The molecule has 0 aromatic heterocycles. The lowest BCUT2D eigenvalue weighted by Crippen LogP contribution is -1.92. The van der Waals surface area contributed by atoms with E-state index in [2.05, 4.69) is 19.1 Å². The molecule has 0 bridgehead atoms. The van der Waals surface area contributed by atoms with E-state index in [1.165, 1.54) is 32.1 Å². The van der Waals surface area contributed by atoms with Crippen LogP contribution in [0, 0.1) is 0 Å². The normalized spacial score (nSPS) is 11.6. The van der Waals surface area contributed by atoms with Gasteiger partial charge in [0.05, 0.1) is 0 Å². The molecule has 98 valence electrons. The highest BCUT2D eigenvalue weighted by atomic mass is 16.4. The molecule has 0 saturated carbocycles. The van der Waals surface area contributed by atoms with Crippen LogP contribution in [0.25, 0.3) is 0 Å². The number of carboxylic acids is 1. The molecule has 0 saturated heterocycles. The van der Waals surface area contributed by atoms with Crippen molar-refractivity contribution in [3.05, 3.63) is 24.3 Å². The Morgan fingerprint density at radius 2 is 1.53 bits per heavy atom. The molecule has 0 fully saturated rings. The first kappa shape index (κ1) is 16.0. The summed E-state index contributed by atoms with van der Waals surface area (Å²) in [6, 6.07) is 0. The van der Waals surface area contributed by atoms with Gasteiger partial charge in [0.1, 0.15) is 0 Å². The molecule has 0 atom stereocenters. The molecule has 0 aliphatic carbocycles. The molecular formula is C15H26O2. The lowest BCUT2D eigenvalue weighted by Gasteiger charge is -1.95. The maximum Gasteiger partial charge on any atom is 0.303 e. The monoisotopic (exact) mass is 238 g/mol. The van der Waals surface area contributed by atoms with Crippen LogP contribution in [0.4, 0.5) is 0 Å². The zero-order valence-electron chi connectivity index (χ0n) is 11.0. The van der Waals surface area contributed by atoms with Crippen LogP contribution >= 0.6 is 0 Å². The van der Waals surface area contributed by atoms with Crippen molar-refractivity contribution < 1.29 is 9.90 Å². The van der Waals surface area contributed by atoms with Gasteiger partial charge in [-0.1, -0.05) is 56.9 Å². The Morgan fingerprint density at radius 3 is 2.12 bits per heavy atom. The third-order valence-electron chi connectivity index (χ3n) is 2.62. The third kappa shape index (κ3) is 14.9. The Hall–Kier alpha value is -1.05. The fraction of sp³-hybridized carbons (Fsp3) is 0.667. The van der Waals surface area contributed by atoms with Gasteiger partial charge in [-0.25, -0.2) is 0 Å². The fourth-order valence-corrected chi connectivity index (χ4v) is 1.59. The minimum absolute atomic E-state index is 0.269. The van der Waals surface area contributed by atoms with Crippen molar-refractivity contribution in [2.24, 2.45) is 0 Å². The lowest BCUT2D eigenvalue weighted by molar-refractivity contribution is -0.137. The number of unbranched alkanes of at least 4 members (excludes halogenated alkanes) is 6. The quantitative estimate of drug-likeness (QED) is 0.418. The van der Waals surface area contributed by atoms with Gasteiger partial charge < -0.3 is 5.11 Å². The predicted molar refractivity (Wildman–Crippen MR) is 73.1 cm³/mol. The van der Waals surface area contributed by atoms with Gasteiger partial charge in [0.15, 0.2) is 0 Å². The highest BCUT2D eigenvalue weighted by Gasteiger charge is 1.92. The Bertz CT molecular complexity index is 229. The van der Waals surface area contributed by atoms with Crippen molar-refractivity contribution in [1.29, 1.82) is 0 Å². The van der Waals surface area contributed by atoms with Crippen LogP contribution < -0.4 is 0 Å². The zero-order valence-corrected chi connectivity index (χ0v) is 11.0. The standard InChI is InChI=1S/C15H26O2/c1-2-3-4-5-6-7-8-9-10-11-12-13-14-15(16)17/h8-11H,2-7,12-14H2,1H3,(H,16,17). The molecule has 0 amide bonds. The van der Waals surface area contributed by atoms with Crippen LogP contribution in [0.1, 0.15) is 64.7 Å². The summed E-state index contributed by atoms with van der Waals surface area (Å²) in [7, 11) is 0. The summed E-state index contributed by atoms with van der Waals surface area (Å²) in [5, 5.41) is 8.44. The smallest absolute Gasteiger partial charge is 0.303 e. The van der Waals surface area contributed by atoms with Gasteiger partial charge in [-0.2, -0.15) is 0 Å². The Kier molecular flexibility index (Phi) is 12.2. The number of rotatable bonds is 11. The molecule has 17 heavy (non-hydrogen) atoms. The van der Waals surface area contributed by atoms with E-state index < -0.39 is 5.97 Å². The topological polar surface area (TPSA) is 37.3 Å². The zero-order chi connectivity index (χ0) is 12.8. The number of hydrogen-bond donors (Lipinski definition) is 1. The largest absolute Gasteiger partial charge is 0.481 e. The first-order valence-corrected chi connectivity index (χ1v) is 6.80. The third-order valence-corrected chi connectivity index (χ3v) is 2.62. The predicted octanol–water partition coefficient (Wildman–Crippen LogP) is 4.71. The van der Waals surface area contributed by atoms with Gasteiger partial charge in [0.25, 0.3) is 0 Å². The van der Waals surface area contributed by atoms with Crippen molar-refractivity contribution in [3.8, 4) is 0 Å². The summed E-state index contributed by atoms with van der Waals surface area (Å²) in [5.74, 6) is -0.707. The Morgan fingerprint density at radius 1 is 0.941 bits per heavy atom. The molecule has 0 aliphatic rings. The molecule has 0 radical (unpaired) electrons. The van der Waals surface area contributed by atoms with Gasteiger partial charge in [-0.15, -0.1) is 0 Å². The lowest BCUT2D eigenvalue weighted by atomic mass is 10.1. The van der Waals surface area contributed by atoms with Crippen LogP contribution in [0.3, 0.4) is 0 Å². The highest BCUT2D eigenvalue weighted by molar-refractivity contribution is 5.66. The van der Waals surface area contributed by atoms with Gasteiger partial charge in [0, 0.05) is 6.42 Å². The van der Waals surface area contributed by atoms with Crippen LogP contribution in [-0.4, -0.2) is 11.1 Å². The second kappa shape index (κ2) is 13.0. The maximum absolute atomic E-state index is 10.2. The maximum atomic E-state index is 10.2. The van der Waals surface area contributed by atoms with E-state index in [9.17, 15) is 4.79 Å². The second-order valence-corrected chi connectivity index (χ2v) is 4.35. The van der Waals surface area contributed by atoms with Crippen molar-refractivity contribution in [3.63, 3.8) is 0 Å². The molecule has 2 heteroatoms.